The lowest BCUT2D eigenvalue weighted by Crippen LogP contribution is -2.23. The van der Waals surface area contributed by atoms with Gasteiger partial charge in [-0.2, -0.15) is 0 Å². The van der Waals surface area contributed by atoms with Crippen molar-refractivity contribution in [3.8, 4) is 0 Å². The highest BCUT2D eigenvalue weighted by molar-refractivity contribution is 5.21. The number of rotatable bonds is 3. The Bertz CT molecular complexity index is 275. The van der Waals surface area contributed by atoms with Crippen LogP contribution in [0.5, 0.6) is 0 Å². The molecule has 70 valence electrons. The minimum atomic E-state index is -0.748. The van der Waals surface area contributed by atoms with Crippen molar-refractivity contribution >= 4 is 0 Å². The normalized spacial score (nSPS) is 25.2. The zero-order valence-corrected chi connectivity index (χ0v) is 7.73. The van der Waals surface area contributed by atoms with Crippen molar-refractivity contribution in [3.63, 3.8) is 0 Å². The van der Waals surface area contributed by atoms with E-state index in [2.05, 4.69) is 0 Å². The molecule has 1 aromatic rings. The largest absolute Gasteiger partial charge is 0.385 e. The Balaban J connectivity index is 2.12. The lowest BCUT2D eigenvalue weighted by Gasteiger charge is -2.22. The van der Waals surface area contributed by atoms with Crippen LogP contribution >= 0.6 is 0 Å². The number of hydrogen-bond donors (Lipinski definition) is 1. The smallest absolute Gasteiger partial charge is 0.0894 e. The quantitative estimate of drug-likeness (QED) is 0.714. The van der Waals surface area contributed by atoms with Crippen LogP contribution in [0.3, 0.4) is 0 Å². The second kappa shape index (κ2) is 3.13. The van der Waals surface area contributed by atoms with Crippen molar-refractivity contribution in [1.82, 2.24) is 0 Å². The van der Waals surface area contributed by atoms with Crippen LogP contribution < -0.4 is 0 Å². The number of epoxide rings is 1. The van der Waals surface area contributed by atoms with Gasteiger partial charge < -0.3 is 9.84 Å². The van der Waals surface area contributed by atoms with E-state index < -0.39 is 5.60 Å². The maximum Gasteiger partial charge on any atom is 0.0894 e. The van der Waals surface area contributed by atoms with Crippen molar-refractivity contribution in [2.45, 2.75) is 25.0 Å². The van der Waals surface area contributed by atoms with E-state index in [-0.39, 0.29) is 6.10 Å². The third-order valence-corrected chi connectivity index (χ3v) is 2.42. The molecule has 2 heteroatoms. The van der Waals surface area contributed by atoms with Crippen LogP contribution in [0.4, 0.5) is 0 Å². The summed E-state index contributed by atoms with van der Waals surface area (Å²) in [5.41, 5.74) is 0.216. The van der Waals surface area contributed by atoms with Gasteiger partial charge in [-0.05, 0) is 12.5 Å². The molecule has 1 aliphatic heterocycles. The molecule has 1 aromatic carbocycles. The van der Waals surface area contributed by atoms with Crippen molar-refractivity contribution in [1.29, 1.82) is 0 Å². The van der Waals surface area contributed by atoms with Crippen LogP contribution in [0.2, 0.25) is 0 Å². The first-order valence-electron chi connectivity index (χ1n) is 4.58. The summed E-state index contributed by atoms with van der Waals surface area (Å²) in [5, 5.41) is 10.1. The Hall–Kier alpha value is -0.860. The molecule has 13 heavy (non-hydrogen) atoms. The van der Waals surface area contributed by atoms with Gasteiger partial charge in [0.05, 0.1) is 18.3 Å². The summed E-state index contributed by atoms with van der Waals surface area (Å²) in [6.07, 6.45) is 0.951. The van der Waals surface area contributed by atoms with Gasteiger partial charge in [-0.25, -0.2) is 0 Å². The third kappa shape index (κ3) is 2.08. The van der Waals surface area contributed by atoms with Crippen LogP contribution in [0.1, 0.15) is 18.9 Å². The Morgan fingerprint density at radius 3 is 2.62 bits per heavy atom. The summed E-state index contributed by atoms with van der Waals surface area (Å²) < 4.78 is 5.11. The number of benzene rings is 1. The molecule has 0 radical (unpaired) electrons. The van der Waals surface area contributed by atoms with E-state index in [9.17, 15) is 5.11 Å². The molecule has 0 unspecified atom stereocenters. The molecule has 0 aromatic heterocycles. The molecule has 1 N–H and O–H groups in total. The van der Waals surface area contributed by atoms with E-state index in [0.717, 1.165) is 12.2 Å². The van der Waals surface area contributed by atoms with Crippen molar-refractivity contribution in [2.24, 2.45) is 0 Å². The van der Waals surface area contributed by atoms with Crippen molar-refractivity contribution < 1.29 is 9.84 Å². The first-order valence-corrected chi connectivity index (χ1v) is 4.58. The van der Waals surface area contributed by atoms with Crippen LogP contribution in [0.25, 0.3) is 0 Å². The minimum Gasteiger partial charge on any atom is -0.385 e. The van der Waals surface area contributed by atoms with E-state index in [1.807, 2.05) is 37.3 Å². The lowest BCUT2D eigenvalue weighted by molar-refractivity contribution is 0.0396. The summed E-state index contributed by atoms with van der Waals surface area (Å²) in [7, 11) is 0. The molecule has 2 nitrogen and oxygen atoms in total. The fourth-order valence-corrected chi connectivity index (χ4v) is 1.54. The van der Waals surface area contributed by atoms with Gasteiger partial charge in [0, 0.05) is 6.42 Å². The van der Waals surface area contributed by atoms with E-state index in [0.29, 0.717) is 6.42 Å². The topological polar surface area (TPSA) is 32.8 Å². The van der Waals surface area contributed by atoms with Gasteiger partial charge in [-0.1, -0.05) is 30.3 Å². The van der Waals surface area contributed by atoms with Crippen LogP contribution in [-0.4, -0.2) is 17.8 Å². The van der Waals surface area contributed by atoms with Gasteiger partial charge in [0.25, 0.3) is 0 Å². The molecular weight excluding hydrogens is 164 g/mol. The zero-order chi connectivity index (χ0) is 9.31. The predicted octanol–water partition coefficient (Wildman–Crippen LogP) is 1.68. The highest BCUT2D eigenvalue weighted by Crippen LogP contribution is 2.30. The second-order valence-electron chi connectivity index (χ2n) is 3.80. The Kier molecular flexibility index (Phi) is 2.10. The van der Waals surface area contributed by atoms with Crippen LogP contribution in [0.15, 0.2) is 30.3 Å². The third-order valence-electron chi connectivity index (χ3n) is 2.42. The monoisotopic (exact) mass is 178 g/mol. The Labute approximate surface area is 78.2 Å². The molecule has 0 bridgehead atoms. The summed E-state index contributed by atoms with van der Waals surface area (Å²) in [5.74, 6) is 0. The van der Waals surface area contributed by atoms with Crippen molar-refractivity contribution in [2.75, 3.05) is 6.61 Å². The molecule has 1 fully saturated rings. The molecule has 0 spiro atoms. The summed E-state index contributed by atoms with van der Waals surface area (Å²) in [4.78, 5) is 0. The van der Waals surface area contributed by atoms with Crippen molar-refractivity contribution in [3.05, 3.63) is 35.9 Å². The first-order chi connectivity index (χ1) is 6.18. The highest BCUT2D eigenvalue weighted by atomic mass is 16.6. The zero-order valence-electron chi connectivity index (χ0n) is 7.73. The van der Waals surface area contributed by atoms with Gasteiger partial charge >= 0.3 is 0 Å². The fraction of sp³-hybridized carbons (Fsp3) is 0.455. The number of aliphatic hydroxyl groups is 1. The molecule has 2 atom stereocenters. The van der Waals surface area contributed by atoms with E-state index in [1.165, 1.54) is 0 Å². The molecular formula is C11H14O2. The van der Waals surface area contributed by atoms with Crippen LogP contribution in [-0.2, 0) is 10.3 Å². The maximum absolute atomic E-state index is 10.1. The average Bonchev–Trinajstić information content (AvgIpc) is 2.89. The van der Waals surface area contributed by atoms with Gasteiger partial charge in [0.2, 0.25) is 0 Å². The SMILES string of the molecule is C[C@@](O)(C[C@@H]1CO1)c1ccccc1. The number of hydrogen-bond acceptors (Lipinski definition) is 2. The van der Waals surface area contributed by atoms with Gasteiger partial charge in [0.15, 0.2) is 0 Å². The summed E-state index contributed by atoms with van der Waals surface area (Å²) >= 11 is 0. The van der Waals surface area contributed by atoms with Gasteiger partial charge in [-0.3, -0.25) is 0 Å². The van der Waals surface area contributed by atoms with Gasteiger partial charge in [0.1, 0.15) is 0 Å². The molecule has 2 rings (SSSR count). The summed E-state index contributed by atoms with van der Waals surface area (Å²) in [6.45, 7) is 2.63. The minimum absolute atomic E-state index is 0.259. The average molecular weight is 178 g/mol. The molecule has 1 aliphatic rings. The van der Waals surface area contributed by atoms with Crippen LogP contribution in [0, 0.1) is 0 Å². The predicted molar refractivity (Wildman–Crippen MR) is 50.4 cm³/mol. The molecule has 0 saturated carbocycles. The fourth-order valence-electron chi connectivity index (χ4n) is 1.54. The van der Waals surface area contributed by atoms with E-state index in [1.54, 1.807) is 0 Å². The first kappa shape index (κ1) is 8.73. The van der Waals surface area contributed by atoms with Gasteiger partial charge in [-0.15, -0.1) is 0 Å². The Morgan fingerprint density at radius 2 is 2.08 bits per heavy atom. The standard InChI is InChI=1S/C11H14O2/c1-11(12,7-10-8-13-10)9-5-3-2-4-6-9/h2-6,10,12H,7-8H2,1H3/t10-,11-/m1/s1. The lowest BCUT2D eigenvalue weighted by atomic mass is 9.91. The molecule has 0 aliphatic carbocycles. The summed E-state index contributed by atoms with van der Waals surface area (Å²) in [6, 6.07) is 9.73. The van der Waals surface area contributed by atoms with E-state index in [4.69, 9.17) is 4.74 Å². The maximum atomic E-state index is 10.1. The highest BCUT2D eigenvalue weighted by Gasteiger charge is 2.33. The second-order valence-corrected chi connectivity index (χ2v) is 3.80. The number of ether oxygens (including phenoxy) is 1. The molecule has 1 heterocycles. The molecule has 1 saturated heterocycles. The van der Waals surface area contributed by atoms with E-state index >= 15 is 0 Å². The Morgan fingerprint density at radius 1 is 1.46 bits per heavy atom. The molecule has 0 amide bonds.